The normalized spacial score (nSPS) is 27.3. The summed E-state index contributed by atoms with van der Waals surface area (Å²) in [6, 6.07) is 17.0. The molecule has 7 nitrogen and oxygen atoms in total. The number of unbranched alkanes of at least 4 members (excludes halogenated alkanes) is 1. The maximum absolute atomic E-state index is 13.5. The van der Waals surface area contributed by atoms with Gasteiger partial charge in [-0.1, -0.05) is 36.4 Å². The van der Waals surface area contributed by atoms with Crippen molar-refractivity contribution in [2.24, 2.45) is 11.7 Å². The average molecular weight is 651 g/mol. The largest absolute Gasteiger partial charge is 0.349 e. The molecule has 2 aromatic rings. The Labute approximate surface area is 276 Å². The van der Waals surface area contributed by atoms with Crippen molar-refractivity contribution in [3.63, 3.8) is 0 Å². The van der Waals surface area contributed by atoms with Gasteiger partial charge in [-0.15, -0.1) is 18.5 Å². The van der Waals surface area contributed by atoms with Gasteiger partial charge in [-0.2, -0.15) is 0 Å². The van der Waals surface area contributed by atoms with E-state index >= 15 is 0 Å². The summed E-state index contributed by atoms with van der Waals surface area (Å²) >= 11 is 0. The molecule has 9 heteroatoms. The number of carbonyl (C=O) groups is 1. The summed E-state index contributed by atoms with van der Waals surface area (Å²) in [6.07, 6.45) is 15.2. The molecular formula is C36H56N6OP2. The number of fused-ring (bicyclic) bond motifs is 3. The maximum Gasteiger partial charge on any atom is 0.223 e. The summed E-state index contributed by atoms with van der Waals surface area (Å²) in [7, 11) is 5.95. The highest BCUT2D eigenvalue weighted by Crippen LogP contribution is 2.44. The van der Waals surface area contributed by atoms with Gasteiger partial charge in [0.2, 0.25) is 5.91 Å². The number of aryl methyl sites for hydroxylation is 1. The minimum Gasteiger partial charge on any atom is -0.349 e. The molecule has 1 amide bonds. The molecule has 2 saturated heterocycles. The third kappa shape index (κ3) is 8.34. The van der Waals surface area contributed by atoms with Crippen LogP contribution in [0.15, 0.2) is 48.7 Å². The number of nitrogens with one attached hydrogen (secondary N) is 2. The van der Waals surface area contributed by atoms with Gasteiger partial charge in [-0.05, 0) is 112 Å². The van der Waals surface area contributed by atoms with E-state index in [1.54, 1.807) is 0 Å². The first-order chi connectivity index (χ1) is 21.9. The number of rotatable bonds is 13. The number of nitrogens with two attached hydrogens (primary N) is 1. The lowest BCUT2D eigenvalue weighted by Gasteiger charge is -2.45. The Balaban J connectivity index is 1.13. The van der Waals surface area contributed by atoms with E-state index in [1.165, 1.54) is 42.5 Å². The molecule has 6 rings (SSSR count). The smallest absolute Gasteiger partial charge is 0.223 e. The molecule has 4 aliphatic rings. The molecule has 2 aliphatic heterocycles. The van der Waals surface area contributed by atoms with E-state index in [0.717, 1.165) is 84.1 Å². The molecule has 4 N–H and O–H groups in total. The maximum atomic E-state index is 13.5. The minimum atomic E-state index is 0.0442. The molecule has 2 unspecified atom stereocenters. The van der Waals surface area contributed by atoms with E-state index in [-0.39, 0.29) is 22.8 Å². The van der Waals surface area contributed by atoms with Crippen molar-refractivity contribution in [2.45, 2.75) is 112 Å². The molecule has 2 aliphatic carbocycles. The number of hydrogen-bond acceptors (Lipinski definition) is 6. The Morgan fingerprint density at radius 3 is 2.71 bits per heavy atom. The molecule has 2 bridgehead atoms. The molecule has 246 valence electrons. The van der Waals surface area contributed by atoms with Gasteiger partial charge in [0.05, 0.1) is 17.8 Å². The Kier molecular flexibility index (Phi) is 11.6. The van der Waals surface area contributed by atoms with Crippen molar-refractivity contribution in [1.29, 1.82) is 0 Å². The van der Waals surface area contributed by atoms with Gasteiger partial charge >= 0.3 is 0 Å². The monoisotopic (exact) mass is 650 g/mol. The fourth-order valence-electron chi connectivity index (χ4n) is 8.59. The predicted molar refractivity (Wildman–Crippen MR) is 191 cm³/mol. The van der Waals surface area contributed by atoms with E-state index in [0.29, 0.717) is 24.2 Å². The summed E-state index contributed by atoms with van der Waals surface area (Å²) in [5.41, 5.74) is 9.88. The number of piperazine rings is 1. The van der Waals surface area contributed by atoms with Crippen LogP contribution >= 0.6 is 18.5 Å². The van der Waals surface area contributed by atoms with Crippen LogP contribution in [0.5, 0.6) is 0 Å². The van der Waals surface area contributed by atoms with Crippen molar-refractivity contribution in [2.75, 3.05) is 32.7 Å². The van der Waals surface area contributed by atoms with E-state index in [2.05, 4.69) is 81.4 Å². The summed E-state index contributed by atoms with van der Waals surface area (Å²) in [5.74, 6) is 0.361. The highest BCUT2D eigenvalue weighted by Gasteiger charge is 2.43. The zero-order chi connectivity index (χ0) is 31.2. The van der Waals surface area contributed by atoms with Crippen LogP contribution in [-0.4, -0.2) is 76.4 Å². The zero-order valence-corrected chi connectivity index (χ0v) is 29.4. The van der Waals surface area contributed by atoms with Crippen molar-refractivity contribution in [3.8, 4) is 0 Å². The van der Waals surface area contributed by atoms with Crippen LogP contribution in [-0.2, 0) is 11.2 Å². The molecule has 7 atom stereocenters. The first kappa shape index (κ1) is 33.4. The van der Waals surface area contributed by atoms with Crippen LogP contribution in [0.25, 0.3) is 0 Å². The van der Waals surface area contributed by atoms with Crippen molar-refractivity contribution in [1.82, 2.24) is 25.4 Å². The van der Waals surface area contributed by atoms with Crippen LogP contribution in [0.3, 0.4) is 0 Å². The van der Waals surface area contributed by atoms with Crippen LogP contribution in [0, 0.1) is 5.92 Å². The number of pyridine rings is 1. The van der Waals surface area contributed by atoms with E-state index in [4.69, 9.17) is 10.7 Å². The number of hydrogen-bond donors (Lipinski definition) is 3. The van der Waals surface area contributed by atoms with Gasteiger partial charge in [0.25, 0.3) is 0 Å². The van der Waals surface area contributed by atoms with Gasteiger partial charge < -0.3 is 16.4 Å². The molecule has 0 radical (unpaired) electrons. The minimum absolute atomic E-state index is 0.0442. The quantitative estimate of drug-likeness (QED) is 0.205. The van der Waals surface area contributed by atoms with Gasteiger partial charge in [0.15, 0.2) is 0 Å². The Morgan fingerprint density at radius 1 is 1.09 bits per heavy atom. The van der Waals surface area contributed by atoms with Crippen molar-refractivity contribution >= 4 is 24.4 Å². The molecular weight excluding hydrogens is 594 g/mol. The number of nitrogens with zero attached hydrogens (tertiary/aromatic N) is 3. The van der Waals surface area contributed by atoms with Crippen LogP contribution in [0.4, 0.5) is 0 Å². The van der Waals surface area contributed by atoms with E-state index in [9.17, 15) is 4.79 Å². The SMILES string of the molecule is NCCCCN(C[C@@H]1NC[C@@H]2CC[C@H]1N2CC[C@H](NC(=O)C1CCC(P)(P)CC1)c1ccccc1)[C@H]1CCCc2cccnc21. The molecule has 0 spiro atoms. The summed E-state index contributed by atoms with van der Waals surface area (Å²) in [5, 5.41) is 7.52. The lowest BCUT2D eigenvalue weighted by molar-refractivity contribution is -0.126. The van der Waals surface area contributed by atoms with Crippen molar-refractivity contribution in [3.05, 3.63) is 65.5 Å². The first-order valence-electron chi connectivity index (χ1n) is 17.7. The lowest BCUT2D eigenvalue weighted by atomic mass is 9.87. The number of benzene rings is 1. The second-order valence-corrected chi connectivity index (χ2v) is 17.2. The van der Waals surface area contributed by atoms with Crippen molar-refractivity contribution < 1.29 is 4.79 Å². The lowest BCUT2D eigenvalue weighted by Crippen LogP contribution is -2.61. The van der Waals surface area contributed by atoms with Gasteiger partial charge in [-0.25, -0.2) is 0 Å². The Morgan fingerprint density at radius 2 is 1.91 bits per heavy atom. The van der Waals surface area contributed by atoms with Crippen LogP contribution in [0.1, 0.15) is 99.5 Å². The second kappa shape index (κ2) is 15.6. The summed E-state index contributed by atoms with van der Waals surface area (Å²) in [4.78, 5) is 24.2. The van der Waals surface area contributed by atoms with Gasteiger partial charge in [-0.3, -0.25) is 19.6 Å². The van der Waals surface area contributed by atoms with Gasteiger partial charge in [0.1, 0.15) is 0 Å². The van der Waals surface area contributed by atoms with Crippen LogP contribution < -0.4 is 16.4 Å². The fourth-order valence-corrected chi connectivity index (χ4v) is 9.26. The number of amides is 1. The second-order valence-electron chi connectivity index (χ2n) is 14.3. The molecule has 1 aromatic carbocycles. The summed E-state index contributed by atoms with van der Waals surface area (Å²) in [6.45, 7) is 4.94. The van der Waals surface area contributed by atoms with E-state index < -0.39 is 0 Å². The molecule has 3 fully saturated rings. The highest BCUT2D eigenvalue weighted by molar-refractivity contribution is 7.39. The third-order valence-corrected chi connectivity index (χ3v) is 12.3. The number of aromatic nitrogens is 1. The molecule has 1 saturated carbocycles. The standard InChI is InChI=1S/C36H56N6OP2/c37-20-4-5-22-41(33-12-6-10-27-11-7-21-38-34(27)33)25-31-32-14-13-29(24-39-31)42(32)23-17-30(26-8-2-1-3-9-26)40-35(43)28-15-18-36(44,45)19-16-28/h1-3,7-9,11,21,28-33,39H,4-6,10,12-20,22-25,37,44-45H2,(H,40,43)/t29-,30-,31-,32+,33-/m0/s1. The predicted octanol–water partition coefficient (Wildman–Crippen LogP) is 5.19. The average Bonchev–Trinajstić information content (AvgIpc) is 3.35. The molecule has 45 heavy (non-hydrogen) atoms. The number of carbonyl (C=O) groups excluding carboxylic acids is 1. The summed E-state index contributed by atoms with van der Waals surface area (Å²) < 4.78 is 0. The van der Waals surface area contributed by atoms with Crippen LogP contribution in [0.2, 0.25) is 0 Å². The fraction of sp³-hybridized carbons (Fsp3) is 0.667. The van der Waals surface area contributed by atoms with Gasteiger partial charge in [0, 0.05) is 49.9 Å². The Hall–Kier alpha value is -1.46. The Bertz CT molecular complexity index is 1240. The highest BCUT2D eigenvalue weighted by atomic mass is 31.1. The third-order valence-electron chi connectivity index (χ3n) is 11.2. The van der Waals surface area contributed by atoms with E-state index in [1.807, 2.05) is 6.20 Å². The first-order valence-corrected chi connectivity index (χ1v) is 18.9. The zero-order valence-electron chi connectivity index (χ0n) is 27.1. The molecule has 3 heterocycles. The topological polar surface area (TPSA) is 86.5 Å². The molecule has 1 aromatic heterocycles.